The molecule has 0 spiro atoms. The van der Waals surface area contributed by atoms with Crippen LogP contribution in [0, 0.1) is 0 Å². The summed E-state index contributed by atoms with van der Waals surface area (Å²) >= 11 is 12.1. The van der Waals surface area contributed by atoms with Crippen molar-refractivity contribution in [2.45, 2.75) is 38.5 Å². The number of benzene rings is 2. The number of hydrogen-bond donors (Lipinski definition) is 2. The van der Waals surface area contributed by atoms with E-state index in [0.717, 1.165) is 0 Å². The van der Waals surface area contributed by atoms with E-state index in [1.165, 1.54) is 6.92 Å². The number of Topliss-reactive ketones (excluding diaryl/α,β-unsaturated/α-hetero) is 1. The summed E-state index contributed by atoms with van der Waals surface area (Å²) in [6.07, 6.45) is -1.05. The summed E-state index contributed by atoms with van der Waals surface area (Å²) in [4.78, 5) is 24.5. The van der Waals surface area contributed by atoms with Crippen LogP contribution in [-0.2, 0) is 0 Å². The van der Waals surface area contributed by atoms with Gasteiger partial charge in [-0.15, -0.1) is 0 Å². The number of carbonyl (C=O) groups excluding carboxylic acids is 2. The predicted molar refractivity (Wildman–Crippen MR) is 104 cm³/mol. The summed E-state index contributed by atoms with van der Waals surface area (Å²) in [6, 6.07) is 8.92. The maximum atomic E-state index is 12.8. The highest BCUT2D eigenvalue weighted by Gasteiger charge is 2.44. The molecule has 1 amide bonds. The number of rotatable bonds is 3. The molecule has 0 aliphatic carbocycles. The van der Waals surface area contributed by atoms with Crippen LogP contribution in [0.25, 0.3) is 0 Å². The Kier molecular flexibility index (Phi) is 5.21. The lowest BCUT2D eigenvalue weighted by Crippen LogP contribution is -2.53. The van der Waals surface area contributed by atoms with Crippen molar-refractivity contribution in [2.75, 3.05) is 0 Å². The highest BCUT2D eigenvalue weighted by molar-refractivity contribution is 6.43. The average molecular weight is 408 g/mol. The SMILES string of the molecule is CC(=O)c1ccc2c(c1)[C@H](NC(=O)c1cccc(Cl)c1Cl)[C@H](O)C(C)(C)O2. The Balaban J connectivity index is 2.03. The number of aliphatic hydroxyl groups excluding tert-OH is 1. The van der Waals surface area contributed by atoms with E-state index in [4.69, 9.17) is 27.9 Å². The molecule has 0 aromatic heterocycles. The minimum Gasteiger partial charge on any atom is -0.485 e. The van der Waals surface area contributed by atoms with Gasteiger partial charge in [-0.1, -0.05) is 29.3 Å². The number of amides is 1. The Morgan fingerprint density at radius 1 is 1.19 bits per heavy atom. The zero-order chi connectivity index (χ0) is 19.9. The number of ketones is 1. The van der Waals surface area contributed by atoms with Crippen LogP contribution in [0.2, 0.25) is 10.0 Å². The van der Waals surface area contributed by atoms with E-state index < -0.39 is 23.7 Å². The molecule has 0 saturated carbocycles. The van der Waals surface area contributed by atoms with Crippen LogP contribution in [0.4, 0.5) is 0 Å². The molecule has 0 bridgehead atoms. The van der Waals surface area contributed by atoms with E-state index in [2.05, 4.69) is 5.32 Å². The molecular formula is C20H19Cl2NO4. The average Bonchev–Trinajstić information content (AvgIpc) is 2.60. The van der Waals surface area contributed by atoms with Crippen LogP contribution in [0.5, 0.6) is 5.75 Å². The van der Waals surface area contributed by atoms with Crippen LogP contribution < -0.4 is 10.1 Å². The molecule has 0 radical (unpaired) electrons. The topological polar surface area (TPSA) is 75.6 Å². The van der Waals surface area contributed by atoms with Gasteiger partial charge in [-0.3, -0.25) is 9.59 Å². The minimum atomic E-state index is -1.05. The smallest absolute Gasteiger partial charge is 0.253 e. The van der Waals surface area contributed by atoms with Crippen LogP contribution in [-0.4, -0.2) is 28.5 Å². The fourth-order valence-corrected chi connectivity index (χ4v) is 3.46. The van der Waals surface area contributed by atoms with E-state index in [-0.39, 0.29) is 21.4 Å². The van der Waals surface area contributed by atoms with Crippen molar-refractivity contribution in [1.82, 2.24) is 5.32 Å². The minimum absolute atomic E-state index is 0.125. The van der Waals surface area contributed by atoms with Gasteiger partial charge < -0.3 is 15.2 Å². The fourth-order valence-electron chi connectivity index (χ4n) is 3.07. The van der Waals surface area contributed by atoms with Gasteiger partial charge in [0, 0.05) is 11.1 Å². The first kappa shape index (κ1) is 19.7. The summed E-state index contributed by atoms with van der Waals surface area (Å²) in [5.74, 6) is -0.110. The lowest BCUT2D eigenvalue weighted by Gasteiger charge is -2.42. The van der Waals surface area contributed by atoms with Gasteiger partial charge in [0.25, 0.3) is 5.91 Å². The van der Waals surface area contributed by atoms with Gasteiger partial charge >= 0.3 is 0 Å². The van der Waals surface area contributed by atoms with Gasteiger partial charge in [-0.2, -0.15) is 0 Å². The summed E-state index contributed by atoms with van der Waals surface area (Å²) in [5.41, 5.74) is 0.246. The Bertz CT molecular complexity index is 926. The highest BCUT2D eigenvalue weighted by atomic mass is 35.5. The molecule has 2 aromatic rings. The largest absolute Gasteiger partial charge is 0.485 e. The third kappa shape index (κ3) is 3.68. The van der Waals surface area contributed by atoms with Gasteiger partial charge in [0.15, 0.2) is 5.78 Å². The molecule has 27 heavy (non-hydrogen) atoms. The molecule has 2 N–H and O–H groups in total. The van der Waals surface area contributed by atoms with E-state index in [1.54, 1.807) is 50.2 Å². The summed E-state index contributed by atoms with van der Waals surface area (Å²) in [7, 11) is 0. The Morgan fingerprint density at radius 3 is 2.56 bits per heavy atom. The lowest BCUT2D eigenvalue weighted by atomic mass is 9.85. The van der Waals surface area contributed by atoms with Crippen molar-refractivity contribution in [3.63, 3.8) is 0 Å². The molecule has 1 heterocycles. The molecule has 2 aromatic carbocycles. The first-order valence-corrected chi connectivity index (χ1v) is 9.14. The molecule has 0 fully saturated rings. The van der Waals surface area contributed by atoms with Crippen LogP contribution in [0.3, 0.4) is 0 Å². The third-order valence-electron chi connectivity index (χ3n) is 4.64. The van der Waals surface area contributed by atoms with Crippen molar-refractivity contribution in [3.05, 3.63) is 63.1 Å². The first-order chi connectivity index (χ1) is 12.6. The maximum absolute atomic E-state index is 12.8. The Labute approximate surface area is 167 Å². The quantitative estimate of drug-likeness (QED) is 0.747. The number of carbonyl (C=O) groups is 2. The van der Waals surface area contributed by atoms with Gasteiger partial charge in [-0.25, -0.2) is 0 Å². The second-order valence-electron chi connectivity index (χ2n) is 7.01. The van der Waals surface area contributed by atoms with Crippen molar-refractivity contribution in [2.24, 2.45) is 0 Å². The zero-order valence-corrected chi connectivity index (χ0v) is 16.6. The molecule has 7 heteroatoms. The molecule has 0 unspecified atom stereocenters. The number of fused-ring (bicyclic) bond motifs is 1. The van der Waals surface area contributed by atoms with E-state index >= 15 is 0 Å². The number of ether oxygens (including phenoxy) is 1. The van der Waals surface area contributed by atoms with Gasteiger partial charge in [0.1, 0.15) is 17.5 Å². The molecule has 1 aliphatic rings. The Hall–Kier alpha value is -2.08. The van der Waals surface area contributed by atoms with Crippen molar-refractivity contribution >= 4 is 34.9 Å². The molecule has 5 nitrogen and oxygen atoms in total. The summed E-state index contributed by atoms with van der Waals surface area (Å²) < 4.78 is 5.87. The normalized spacial score (nSPS) is 20.4. The van der Waals surface area contributed by atoms with Crippen LogP contribution >= 0.6 is 23.2 Å². The van der Waals surface area contributed by atoms with Crippen molar-refractivity contribution in [3.8, 4) is 5.75 Å². The zero-order valence-electron chi connectivity index (χ0n) is 15.0. The lowest BCUT2D eigenvalue weighted by molar-refractivity contribution is -0.0627. The molecule has 2 atom stereocenters. The summed E-state index contributed by atoms with van der Waals surface area (Å²) in [5, 5.41) is 14.0. The Morgan fingerprint density at radius 2 is 1.89 bits per heavy atom. The first-order valence-electron chi connectivity index (χ1n) is 8.38. The molecule has 1 aliphatic heterocycles. The van der Waals surface area contributed by atoms with Crippen molar-refractivity contribution in [1.29, 1.82) is 0 Å². The number of aliphatic hydroxyl groups is 1. The molecule has 0 saturated heterocycles. The number of nitrogens with one attached hydrogen (secondary N) is 1. The van der Waals surface area contributed by atoms with Gasteiger partial charge in [0.05, 0.1) is 21.7 Å². The monoisotopic (exact) mass is 407 g/mol. The van der Waals surface area contributed by atoms with Crippen LogP contribution in [0.1, 0.15) is 53.1 Å². The molecule has 3 rings (SSSR count). The van der Waals surface area contributed by atoms with E-state index in [0.29, 0.717) is 16.9 Å². The summed E-state index contributed by atoms with van der Waals surface area (Å²) in [6.45, 7) is 4.90. The van der Waals surface area contributed by atoms with Gasteiger partial charge in [-0.05, 0) is 51.1 Å². The van der Waals surface area contributed by atoms with E-state index in [1.807, 2.05) is 0 Å². The standard InChI is InChI=1S/C20H19Cl2NO4/c1-10(24)11-7-8-15-13(9-11)17(18(25)20(2,3)27-15)23-19(26)12-5-4-6-14(21)16(12)22/h4-9,17-18,25H,1-3H3,(H,23,26)/t17-,18-/m0/s1. The second-order valence-corrected chi connectivity index (χ2v) is 7.80. The second kappa shape index (κ2) is 7.15. The predicted octanol–water partition coefficient (Wildman–Crippen LogP) is 4.20. The van der Waals surface area contributed by atoms with Crippen LogP contribution in [0.15, 0.2) is 36.4 Å². The highest BCUT2D eigenvalue weighted by Crippen LogP contribution is 2.40. The third-order valence-corrected chi connectivity index (χ3v) is 5.45. The van der Waals surface area contributed by atoms with Gasteiger partial charge in [0.2, 0.25) is 0 Å². The molecule has 142 valence electrons. The van der Waals surface area contributed by atoms with E-state index in [9.17, 15) is 14.7 Å². The maximum Gasteiger partial charge on any atom is 0.253 e. The van der Waals surface area contributed by atoms with Crippen molar-refractivity contribution < 1.29 is 19.4 Å². The number of halogens is 2. The number of hydrogen-bond acceptors (Lipinski definition) is 4. The molecular weight excluding hydrogens is 389 g/mol. The fraction of sp³-hybridized carbons (Fsp3) is 0.300.